The van der Waals surface area contributed by atoms with Crippen LogP contribution in [0.1, 0.15) is 32.1 Å². The van der Waals surface area contributed by atoms with E-state index in [1.165, 1.54) is 32.1 Å². The molecule has 1 heterocycles. The molecule has 0 radical (unpaired) electrons. The molecule has 0 aromatic carbocycles. The Labute approximate surface area is 121 Å². The first kappa shape index (κ1) is 12.7. The lowest BCUT2D eigenvalue weighted by Crippen LogP contribution is -2.55. The van der Waals surface area contributed by atoms with E-state index in [2.05, 4.69) is 17.0 Å². The number of nitrogen functional groups attached to an aromatic ring is 1. The minimum atomic E-state index is 0.766. The third-order valence-electron chi connectivity index (χ3n) is 6.02. The fourth-order valence-corrected chi connectivity index (χ4v) is 5.53. The van der Waals surface area contributed by atoms with E-state index in [9.17, 15) is 0 Å². The van der Waals surface area contributed by atoms with E-state index >= 15 is 0 Å². The Morgan fingerprint density at radius 3 is 2.40 bits per heavy atom. The van der Waals surface area contributed by atoms with E-state index in [0.29, 0.717) is 0 Å². The zero-order chi connectivity index (χ0) is 13.7. The Balaban J connectivity index is 1.40. The highest BCUT2D eigenvalue weighted by Crippen LogP contribution is 2.54. The molecule has 110 valence electrons. The highest BCUT2D eigenvalue weighted by molar-refractivity contribution is 5.30. The van der Waals surface area contributed by atoms with Crippen molar-refractivity contribution in [3.05, 3.63) is 12.4 Å². The van der Waals surface area contributed by atoms with Crippen LogP contribution >= 0.6 is 0 Å². The first-order valence-electron chi connectivity index (χ1n) is 8.17. The summed E-state index contributed by atoms with van der Waals surface area (Å²) in [7, 11) is 2.32. The SMILES string of the molecule is CN(CCn1cc(N)cn1)C1C2CC3CC(C2)CC1C3. The monoisotopic (exact) mass is 274 g/mol. The molecule has 20 heavy (non-hydrogen) atoms. The second-order valence-electron chi connectivity index (χ2n) is 7.44. The van der Waals surface area contributed by atoms with Crippen LogP contribution in [0.15, 0.2) is 12.4 Å². The molecule has 2 N–H and O–H groups in total. The summed E-state index contributed by atoms with van der Waals surface area (Å²) >= 11 is 0. The maximum atomic E-state index is 5.73. The molecule has 1 aromatic heterocycles. The van der Waals surface area contributed by atoms with Crippen molar-refractivity contribution in [2.75, 3.05) is 19.3 Å². The van der Waals surface area contributed by atoms with Crippen molar-refractivity contribution in [3.63, 3.8) is 0 Å². The van der Waals surface area contributed by atoms with Crippen LogP contribution in [-0.4, -0.2) is 34.3 Å². The molecule has 0 aliphatic heterocycles. The maximum absolute atomic E-state index is 5.73. The molecule has 0 atom stereocenters. The normalized spacial score (nSPS) is 38.8. The average molecular weight is 274 g/mol. The van der Waals surface area contributed by atoms with Crippen LogP contribution in [0.2, 0.25) is 0 Å². The highest BCUT2D eigenvalue weighted by atomic mass is 15.3. The minimum absolute atomic E-state index is 0.766. The number of nitrogens with zero attached hydrogens (tertiary/aromatic N) is 3. The Morgan fingerprint density at radius 1 is 1.20 bits per heavy atom. The van der Waals surface area contributed by atoms with Gasteiger partial charge in [-0.05, 0) is 62.8 Å². The minimum Gasteiger partial charge on any atom is -0.396 e. The molecule has 4 fully saturated rings. The van der Waals surface area contributed by atoms with E-state index in [1.54, 1.807) is 6.20 Å². The van der Waals surface area contributed by atoms with Gasteiger partial charge < -0.3 is 10.6 Å². The third kappa shape index (κ3) is 2.14. The molecule has 4 bridgehead atoms. The van der Waals surface area contributed by atoms with Crippen LogP contribution in [0, 0.1) is 23.7 Å². The Kier molecular flexibility index (Phi) is 3.02. The topological polar surface area (TPSA) is 47.1 Å². The fraction of sp³-hybridized carbons (Fsp3) is 0.812. The Morgan fingerprint density at radius 2 is 1.85 bits per heavy atom. The number of aromatic nitrogens is 2. The number of hydrogen-bond donors (Lipinski definition) is 1. The van der Waals surface area contributed by atoms with E-state index in [1.807, 2.05) is 10.9 Å². The predicted molar refractivity (Wildman–Crippen MR) is 80.1 cm³/mol. The summed E-state index contributed by atoms with van der Waals surface area (Å²) in [6.07, 6.45) is 11.2. The molecule has 5 rings (SSSR count). The van der Waals surface area contributed by atoms with Gasteiger partial charge in [-0.15, -0.1) is 0 Å². The Hall–Kier alpha value is -1.03. The Bertz CT molecular complexity index is 453. The second kappa shape index (κ2) is 4.76. The van der Waals surface area contributed by atoms with Gasteiger partial charge in [0.15, 0.2) is 0 Å². The zero-order valence-electron chi connectivity index (χ0n) is 12.4. The van der Waals surface area contributed by atoms with E-state index < -0.39 is 0 Å². The zero-order valence-corrected chi connectivity index (χ0v) is 12.4. The molecule has 1 aromatic rings. The average Bonchev–Trinajstić information content (AvgIpc) is 2.81. The van der Waals surface area contributed by atoms with Crippen molar-refractivity contribution in [1.29, 1.82) is 0 Å². The summed E-state index contributed by atoms with van der Waals surface area (Å²) in [6, 6.07) is 0.829. The van der Waals surface area contributed by atoms with Gasteiger partial charge in [0.2, 0.25) is 0 Å². The van der Waals surface area contributed by atoms with Crippen molar-refractivity contribution in [1.82, 2.24) is 14.7 Å². The summed E-state index contributed by atoms with van der Waals surface area (Å²) in [5.74, 6) is 4.07. The number of anilines is 1. The highest BCUT2D eigenvalue weighted by Gasteiger charge is 2.49. The molecule has 0 unspecified atom stereocenters. The smallest absolute Gasteiger partial charge is 0.0719 e. The standard InChI is InChI=1S/C16H26N4/c1-19(2-3-20-10-15(17)9-18-20)16-13-5-11-4-12(7-13)8-14(16)6-11/h9-14,16H,2-8,17H2,1H3. The molecule has 4 nitrogen and oxygen atoms in total. The predicted octanol–water partition coefficient (Wildman–Crippen LogP) is 2.22. The maximum Gasteiger partial charge on any atom is 0.0719 e. The van der Waals surface area contributed by atoms with Crippen molar-refractivity contribution in [3.8, 4) is 0 Å². The van der Waals surface area contributed by atoms with Crippen LogP contribution in [-0.2, 0) is 6.54 Å². The molecule has 0 amide bonds. The molecule has 0 saturated heterocycles. The van der Waals surface area contributed by atoms with E-state index in [-0.39, 0.29) is 0 Å². The van der Waals surface area contributed by atoms with Crippen molar-refractivity contribution >= 4 is 5.69 Å². The quantitative estimate of drug-likeness (QED) is 0.916. The van der Waals surface area contributed by atoms with Gasteiger partial charge in [-0.1, -0.05) is 0 Å². The van der Waals surface area contributed by atoms with Gasteiger partial charge in [0.25, 0.3) is 0 Å². The van der Waals surface area contributed by atoms with Gasteiger partial charge in [-0.2, -0.15) is 5.10 Å². The largest absolute Gasteiger partial charge is 0.396 e. The van der Waals surface area contributed by atoms with Crippen molar-refractivity contribution < 1.29 is 0 Å². The summed E-state index contributed by atoms with van der Waals surface area (Å²) in [4.78, 5) is 2.62. The molecule has 4 aliphatic rings. The number of nitrogens with two attached hydrogens (primary N) is 1. The van der Waals surface area contributed by atoms with Crippen molar-refractivity contribution in [2.24, 2.45) is 23.7 Å². The summed E-state index contributed by atoms with van der Waals surface area (Å²) in [5, 5.41) is 4.29. The van der Waals surface area contributed by atoms with Gasteiger partial charge in [-0.3, -0.25) is 4.68 Å². The molecular formula is C16H26N4. The lowest BCUT2D eigenvalue weighted by atomic mass is 9.54. The fourth-order valence-electron chi connectivity index (χ4n) is 5.53. The number of rotatable bonds is 4. The second-order valence-corrected chi connectivity index (χ2v) is 7.44. The van der Waals surface area contributed by atoms with Gasteiger partial charge >= 0.3 is 0 Å². The van der Waals surface area contributed by atoms with Gasteiger partial charge in [-0.25, -0.2) is 0 Å². The first-order valence-corrected chi connectivity index (χ1v) is 8.17. The molecule has 4 aliphatic carbocycles. The van der Waals surface area contributed by atoms with Crippen LogP contribution in [0.5, 0.6) is 0 Å². The number of likely N-dealkylation sites (N-methyl/N-ethyl adjacent to an activating group) is 1. The molecular weight excluding hydrogens is 248 g/mol. The van der Waals surface area contributed by atoms with Crippen molar-refractivity contribution in [2.45, 2.75) is 44.7 Å². The van der Waals surface area contributed by atoms with E-state index in [4.69, 9.17) is 5.73 Å². The first-order chi connectivity index (χ1) is 9.69. The van der Waals surface area contributed by atoms with Crippen LogP contribution in [0.3, 0.4) is 0 Å². The third-order valence-corrected chi connectivity index (χ3v) is 6.02. The summed E-state index contributed by atoms with van der Waals surface area (Å²) < 4.78 is 1.97. The van der Waals surface area contributed by atoms with Gasteiger partial charge in [0, 0.05) is 18.8 Å². The summed E-state index contributed by atoms with van der Waals surface area (Å²) in [6.45, 7) is 2.05. The van der Waals surface area contributed by atoms with Crippen LogP contribution < -0.4 is 5.73 Å². The van der Waals surface area contributed by atoms with E-state index in [0.717, 1.165) is 48.5 Å². The van der Waals surface area contributed by atoms with Gasteiger partial charge in [0.1, 0.15) is 0 Å². The van der Waals surface area contributed by atoms with Gasteiger partial charge in [0.05, 0.1) is 18.4 Å². The van der Waals surface area contributed by atoms with Crippen LogP contribution in [0.25, 0.3) is 0 Å². The summed E-state index contributed by atoms with van der Waals surface area (Å²) in [5.41, 5.74) is 6.49. The molecule has 0 spiro atoms. The lowest BCUT2D eigenvalue weighted by Gasteiger charge is -2.56. The number of hydrogen-bond acceptors (Lipinski definition) is 3. The lowest BCUT2D eigenvalue weighted by molar-refractivity contribution is -0.0581. The molecule has 4 heteroatoms. The van der Waals surface area contributed by atoms with Crippen LogP contribution in [0.4, 0.5) is 5.69 Å². The molecule has 4 saturated carbocycles.